The maximum Gasteiger partial charge on any atom is 0.148 e. The van der Waals surface area contributed by atoms with Crippen molar-refractivity contribution in [2.24, 2.45) is 0 Å². The lowest BCUT2D eigenvalue weighted by Gasteiger charge is -2.00. The molecule has 0 saturated carbocycles. The summed E-state index contributed by atoms with van der Waals surface area (Å²) in [4.78, 5) is 4.35. The maximum absolute atomic E-state index is 4.35. The van der Waals surface area contributed by atoms with Gasteiger partial charge in [0.2, 0.25) is 0 Å². The normalized spacial score (nSPS) is 10.3. The molecule has 0 atom stereocenters. The molecule has 0 bridgehead atoms. The molecule has 0 aliphatic carbocycles. The second-order valence-electron chi connectivity index (χ2n) is 3.09. The fourth-order valence-electron chi connectivity index (χ4n) is 1.23. The highest BCUT2D eigenvalue weighted by molar-refractivity contribution is 7.09. The molecule has 1 N–H and O–H groups in total. The molecule has 15 heavy (non-hydrogen) atoms. The van der Waals surface area contributed by atoms with Crippen LogP contribution in [0.1, 0.15) is 11.9 Å². The third-order valence-corrected chi connectivity index (χ3v) is 2.68. The van der Waals surface area contributed by atoms with Gasteiger partial charge in [0.25, 0.3) is 0 Å². The molecule has 0 spiro atoms. The summed E-state index contributed by atoms with van der Waals surface area (Å²) in [5.41, 5.74) is 1.72. The minimum absolute atomic E-state index is 0.799. The Bertz CT molecular complexity index is 435. The van der Waals surface area contributed by atoms with Crippen LogP contribution in [-0.4, -0.2) is 21.7 Å². The number of nitrogens with one attached hydrogen (secondary N) is 1. The summed E-state index contributed by atoms with van der Waals surface area (Å²) < 4.78 is 0. The van der Waals surface area contributed by atoms with Crippen LogP contribution in [0.2, 0.25) is 0 Å². The molecule has 5 heteroatoms. The molecule has 0 radical (unpaired) electrons. The number of nitrogens with zero attached hydrogens (tertiary/aromatic N) is 3. The van der Waals surface area contributed by atoms with Gasteiger partial charge in [0.1, 0.15) is 17.2 Å². The Labute approximate surface area is 92.4 Å². The number of aryl methyl sites for hydroxylation is 1. The number of hydrogen-bond acceptors (Lipinski definition) is 5. The van der Waals surface area contributed by atoms with Crippen molar-refractivity contribution in [2.75, 3.05) is 11.9 Å². The first-order valence-electron chi connectivity index (χ1n) is 4.79. The van der Waals surface area contributed by atoms with E-state index >= 15 is 0 Å². The van der Waals surface area contributed by atoms with Crippen LogP contribution in [0.5, 0.6) is 0 Å². The Kier molecular flexibility index (Phi) is 2.91. The first kappa shape index (κ1) is 10.0. The predicted molar refractivity (Wildman–Crippen MR) is 62.0 cm³/mol. The van der Waals surface area contributed by atoms with E-state index in [0.29, 0.717) is 0 Å². The molecule has 2 aromatic rings. The van der Waals surface area contributed by atoms with Gasteiger partial charge in [0.15, 0.2) is 0 Å². The summed E-state index contributed by atoms with van der Waals surface area (Å²) in [6, 6.07) is 3.85. The standard InChI is InChI=1S/C10H12N4S/c1-3-11-10-5-4-8(13-14-10)9-6-15-7(2)12-9/h4-6H,3H2,1-2H3,(H,11,14). The molecule has 0 aliphatic heterocycles. The van der Waals surface area contributed by atoms with Gasteiger partial charge >= 0.3 is 0 Å². The van der Waals surface area contributed by atoms with Gasteiger partial charge in [0, 0.05) is 11.9 Å². The lowest BCUT2D eigenvalue weighted by Crippen LogP contribution is -2.00. The van der Waals surface area contributed by atoms with Gasteiger partial charge in [-0.15, -0.1) is 21.5 Å². The van der Waals surface area contributed by atoms with Crippen LogP contribution >= 0.6 is 11.3 Å². The SMILES string of the molecule is CCNc1ccc(-c2csc(C)n2)nn1. The smallest absolute Gasteiger partial charge is 0.148 e. The molecule has 2 rings (SSSR count). The summed E-state index contributed by atoms with van der Waals surface area (Å²) in [6.45, 7) is 4.86. The number of anilines is 1. The first-order valence-corrected chi connectivity index (χ1v) is 5.67. The molecule has 2 aromatic heterocycles. The largest absolute Gasteiger partial charge is 0.369 e. The van der Waals surface area contributed by atoms with Crippen LogP contribution in [0.4, 0.5) is 5.82 Å². The van der Waals surface area contributed by atoms with Gasteiger partial charge in [-0.2, -0.15) is 0 Å². The number of thiazole rings is 1. The van der Waals surface area contributed by atoms with Crippen molar-refractivity contribution < 1.29 is 0 Å². The number of hydrogen-bond donors (Lipinski definition) is 1. The zero-order valence-corrected chi connectivity index (χ0v) is 9.51. The van der Waals surface area contributed by atoms with E-state index in [4.69, 9.17) is 0 Å². The third-order valence-electron chi connectivity index (χ3n) is 1.90. The Balaban J connectivity index is 2.23. The average molecular weight is 220 g/mol. The van der Waals surface area contributed by atoms with E-state index in [1.807, 2.05) is 31.4 Å². The predicted octanol–water partition coefficient (Wildman–Crippen LogP) is 2.34. The molecule has 0 fully saturated rings. The minimum Gasteiger partial charge on any atom is -0.369 e. The second-order valence-corrected chi connectivity index (χ2v) is 4.15. The van der Waals surface area contributed by atoms with Gasteiger partial charge < -0.3 is 5.32 Å². The summed E-state index contributed by atoms with van der Waals surface area (Å²) >= 11 is 1.62. The first-order chi connectivity index (χ1) is 7.29. The van der Waals surface area contributed by atoms with E-state index in [9.17, 15) is 0 Å². The Morgan fingerprint density at radius 1 is 1.27 bits per heavy atom. The van der Waals surface area contributed by atoms with Crippen molar-refractivity contribution in [1.82, 2.24) is 15.2 Å². The van der Waals surface area contributed by atoms with Crippen molar-refractivity contribution in [3.63, 3.8) is 0 Å². The van der Waals surface area contributed by atoms with Gasteiger partial charge in [-0.1, -0.05) is 0 Å². The molecule has 0 unspecified atom stereocenters. The van der Waals surface area contributed by atoms with Crippen LogP contribution in [0, 0.1) is 6.92 Å². The fraction of sp³-hybridized carbons (Fsp3) is 0.300. The van der Waals surface area contributed by atoms with Crippen molar-refractivity contribution in [2.45, 2.75) is 13.8 Å². The van der Waals surface area contributed by atoms with E-state index in [1.54, 1.807) is 11.3 Å². The van der Waals surface area contributed by atoms with Crippen LogP contribution in [0.15, 0.2) is 17.5 Å². The van der Waals surface area contributed by atoms with E-state index in [-0.39, 0.29) is 0 Å². The van der Waals surface area contributed by atoms with Crippen LogP contribution in [0.25, 0.3) is 11.4 Å². The quantitative estimate of drug-likeness (QED) is 0.862. The third kappa shape index (κ3) is 2.30. The molecule has 78 valence electrons. The fourth-order valence-corrected chi connectivity index (χ4v) is 1.83. The van der Waals surface area contributed by atoms with Gasteiger partial charge in [-0.3, -0.25) is 0 Å². The number of rotatable bonds is 3. The second kappa shape index (κ2) is 4.35. The number of aromatic nitrogens is 3. The summed E-state index contributed by atoms with van der Waals surface area (Å²) in [7, 11) is 0. The zero-order chi connectivity index (χ0) is 10.7. The van der Waals surface area contributed by atoms with Crippen molar-refractivity contribution >= 4 is 17.2 Å². The van der Waals surface area contributed by atoms with Gasteiger partial charge in [-0.25, -0.2) is 4.98 Å². The Morgan fingerprint density at radius 3 is 2.67 bits per heavy atom. The van der Waals surface area contributed by atoms with Gasteiger partial charge in [0.05, 0.1) is 5.01 Å². The van der Waals surface area contributed by atoms with E-state index < -0.39 is 0 Å². The summed E-state index contributed by atoms with van der Waals surface area (Å²) in [5, 5.41) is 14.3. The van der Waals surface area contributed by atoms with Crippen molar-refractivity contribution in [3.05, 3.63) is 22.5 Å². The summed E-state index contributed by atoms with van der Waals surface area (Å²) in [5.74, 6) is 0.799. The highest BCUT2D eigenvalue weighted by Crippen LogP contribution is 2.19. The van der Waals surface area contributed by atoms with Crippen LogP contribution < -0.4 is 5.32 Å². The topological polar surface area (TPSA) is 50.7 Å². The molecule has 0 aliphatic rings. The lowest BCUT2D eigenvalue weighted by atomic mass is 10.3. The van der Waals surface area contributed by atoms with Crippen molar-refractivity contribution in [3.8, 4) is 11.4 Å². The van der Waals surface area contributed by atoms with Gasteiger partial charge in [-0.05, 0) is 26.0 Å². The van der Waals surface area contributed by atoms with E-state index in [0.717, 1.165) is 28.8 Å². The average Bonchev–Trinajstić information content (AvgIpc) is 2.67. The Morgan fingerprint density at radius 2 is 2.13 bits per heavy atom. The molecule has 0 saturated heterocycles. The van der Waals surface area contributed by atoms with Crippen LogP contribution in [0.3, 0.4) is 0 Å². The van der Waals surface area contributed by atoms with E-state index in [2.05, 4.69) is 20.5 Å². The van der Waals surface area contributed by atoms with Crippen LogP contribution in [-0.2, 0) is 0 Å². The molecule has 4 nitrogen and oxygen atoms in total. The molecule has 0 amide bonds. The molecule has 0 aromatic carbocycles. The maximum atomic E-state index is 4.35. The monoisotopic (exact) mass is 220 g/mol. The van der Waals surface area contributed by atoms with E-state index in [1.165, 1.54) is 0 Å². The Hall–Kier alpha value is -1.49. The lowest BCUT2D eigenvalue weighted by molar-refractivity contribution is 1.01. The molecule has 2 heterocycles. The molecular formula is C10H12N4S. The van der Waals surface area contributed by atoms with Crippen molar-refractivity contribution in [1.29, 1.82) is 0 Å². The highest BCUT2D eigenvalue weighted by Gasteiger charge is 2.03. The highest BCUT2D eigenvalue weighted by atomic mass is 32.1. The minimum atomic E-state index is 0.799. The molecular weight excluding hydrogens is 208 g/mol. The zero-order valence-electron chi connectivity index (χ0n) is 8.69. The summed E-state index contributed by atoms with van der Waals surface area (Å²) in [6.07, 6.45) is 0.